The number of carboxylic acid groups (broad SMARTS) is 1. The number of amides is 1. The van der Waals surface area contributed by atoms with Crippen LogP contribution in [-0.2, 0) is 14.3 Å². The van der Waals surface area contributed by atoms with Crippen LogP contribution < -0.4 is 5.32 Å². The predicted molar refractivity (Wildman–Crippen MR) is 79.4 cm³/mol. The maximum atomic E-state index is 11.9. The molecule has 0 aliphatic carbocycles. The summed E-state index contributed by atoms with van der Waals surface area (Å²) in [4.78, 5) is 23.2. The predicted octanol–water partition coefficient (Wildman–Crippen LogP) is 2.37. The zero-order valence-corrected chi connectivity index (χ0v) is 12.4. The summed E-state index contributed by atoms with van der Waals surface area (Å²) in [6, 6.07) is 4.86. The third-order valence-electron chi connectivity index (χ3n) is 3.17. The lowest BCUT2D eigenvalue weighted by Crippen LogP contribution is -2.54. The molecule has 21 heavy (non-hydrogen) atoms. The van der Waals surface area contributed by atoms with Gasteiger partial charge in [0, 0.05) is 29.1 Å². The average molecular weight is 330 g/mol. The van der Waals surface area contributed by atoms with Crippen molar-refractivity contribution >= 4 is 41.2 Å². The lowest BCUT2D eigenvalue weighted by molar-refractivity contribution is -0.147. The van der Waals surface area contributed by atoms with E-state index in [0.29, 0.717) is 22.2 Å². The molecule has 2 N–H and O–H groups in total. The Labute approximate surface area is 131 Å². The van der Waals surface area contributed by atoms with Gasteiger partial charge in [0.1, 0.15) is 0 Å². The molecular formula is C14H13Cl2NO4. The van der Waals surface area contributed by atoms with Crippen molar-refractivity contribution in [2.24, 2.45) is 0 Å². The van der Waals surface area contributed by atoms with Gasteiger partial charge in [-0.25, -0.2) is 4.79 Å². The summed E-state index contributed by atoms with van der Waals surface area (Å²) in [5.74, 6) is -1.64. The number of halogens is 2. The molecular weight excluding hydrogens is 317 g/mol. The lowest BCUT2D eigenvalue weighted by atomic mass is 9.99. The number of carbonyl (C=O) groups excluding carboxylic acids is 1. The minimum Gasteiger partial charge on any atom is -0.479 e. The van der Waals surface area contributed by atoms with Gasteiger partial charge in [-0.2, -0.15) is 0 Å². The van der Waals surface area contributed by atoms with E-state index in [0.717, 1.165) is 0 Å². The Morgan fingerprint density at radius 3 is 2.76 bits per heavy atom. The molecule has 0 radical (unpaired) electrons. The summed E-state index contributed by atoms with van der Waals surface area (Å²) < 4.78 is 5.06. The third-order valence-corrected chi connectivity index (χ3v) is 3.75. The molecule has 1 aliphatic heterocycles. The van der Waals surface area contributed by atoms with Crippen molar-refractivity contribution in [1.82, 2.24) is 5.32 Å². The molecule has 0 saturated carbocycles. The number of carboxylic acids is 1. The van der Waals surface area contributed by atoms with Gasteiger partial charge < -0.3 is 15.2 Å². The summed E-state index contributed by atoms with van der Waals surface area (Å²) in [6.07, 6.45) is 2.94. The van der Waals surface area contributed by atoms with Gasteiger partial charge in [-0.15, -0.1) is 0 Å². The second kappa shape index (κ2) is 6.47. The van der Waals surface area contributed by atoms with E-state index in [9.17, 15) is 14.7 Å². The van der Waals surface area contributed by atoms with Crippen LogP contribution in [0, 0.1) is 0 Å². The fourth-order valence-corrected chi connectivity index (χ4v) is 2.33. The second-order valence-corrected chi connectivity index (χ2v) is 5.52. The molecule has 1 unspecified atom stereocenters. The van der Waals surface area contributed by atoms with Gasteiger partial charge in [-0.05, 0) is 29.8 Å². The van der Waals surface area contributed by atoms with E-state index in [1.807, 2.05) is 0 Å². The van der Waals surface area contributed by atoms with Gasteiger partial charge in [0.15, 0.2) is 5.54 Å². The molecule has 0 bridgehead atoms. The van der Waals surface area contributed by atoms with E-state index >= 15 is 0 Å². The van der Waals surface area contributed by atoms with E-state index in [1.54, 1.807) is 18.2 Å². The van der Waals surface area contributed by atoms with Gasteiger partial charge >= 0.3 is 5.97 Å². The van der Waals surface area contributed by atoms with Crippen molar-refractivity contribution in [2.45, 2.75) is 12.0 Å². The highest BCUT2D eigenvalue weighted by Crippen LogP contribution is 2.22. The van der Waals surface area contributed by atoms with Crippen molar-refractivity contribution in [3.05, 3.63) is 39.9 Å². The number of nitrogens with one attached hydrogen (secondary N) is 1. The molecule has 5 nitrogen and oxygen atoms in total. The normalized spacial score (nSPS) is 21.6. The molecule has 0 aromatic heterocycles. The van der Waals surface area contributed by atoms with E-state index < -0.39 is 17.4 Å². The van der Waals surface area contributed by atoms with Crippen LogP contribution in [0.5, 0.6) is 0 Å². The molecule has 1 fully saturated rings. The first-order valence-corrected chi connectivity index (χ1v) is 6.95. The Morgan fingerprint density at radius 1 is 1.38 bits per heavy atom. The number of hydrogen-bond acceptors (Lipinski definition) is 3. The first-order chi connectivity index (χ1) is 9.93. The third kappa shape index (κ3) is 3.75. The van der Waals surface area contributed by atoms with E-state index in [-0.39, 0.29) is 13.0 Å². The van der Waals surface area contributed by atoms with Crippen LogP contribution in [0.15, 0.2) is 24.3 Å². The molecule has 1 heterocycles. The second-order valence-electron chi connectivity index (χ2n) is 4.68. The lowest BCUT2D eigenvalue weighted by Gasteiger charge is -2.22. The van der Waals surface area contributed by atoms with E-state index in [2.05, 4.69) is 5.32 Å². The smallest absolute Gasteiger partial charge is 0.331 e. The van der Waals surface area contributed by atoms with Crippen LogP contribution >= 0.6 is 23.2 Å². The molecule has 1 aromatic rings. The Bertz CT molecular complexity index is 595. The van der Waals surface area contributed by atoms with Gasteiger partial charge in [-0.1, -0.05) is 23.2 Å². The molecule has 2 rings (SSSR count). The van der Waals surface area contributed by atoms with Crippen LogP contribution in [0.1, 0.15) is 12.0 Å². The molecule has 1 aromatic carbocycles. The van der Waals surface area contributed by atoms with Crippen LogP contribution in [0.25, 0.3) is 6.08 Å². The Balaban J connectivity index is 2.09. The quantitative estimate of drug-likeness (QED) is 0.831. The summed E-state index contributed by atoms with van der Waals surface area (Å²) in [5.41, 5.74) is -0.786. The Kier molecular flexibility index (Phi) is 4.88. The molecule has 112 valence electrons. The van der Waals surface area contributed by atoms with Crippen molar-refractivity contribution in [3.63, 3.8) is 0 Å². The van der Waals surface area contributed by atoms with Gasteiger partial charge in [0.2, 0.25) is 5.91 Å². The zero-order chi connectivity index (χ0) is 15.5. The monoisotopic (exact) mass is 329 g/mol. The van der Waals surface area contributed by atoms with Crippen molar-refractivity contribution in [3.8, 4) is 0 Å². The summed E-state index contributed by atoms with van der Waals surface area (Å²) in [6.45, 7) is 0.260. The minimum atomic E-state index is -1.36. The topological polar surface area (TPSA) is 75.6 Å². The van der Waals surface area contributed by atoms with E-state index in [4.69, 9.17) is 27.9 Å². The van der Waals surface area contributed by atoms with Gasteiger partial charge in [0.25, 0.3) is 0 Å². The summed E-state index contributed by atoms with van der Waals surface area (Å²) >= 11 is 11.8. The highest BCUT2D eigenvalue weighted by Gasteiger charge is 2.43. The van der Waals surface area contributed by atoms with Crippen LogP contribution in [0.2, 0.25) is 10.0 Å². The largest absolute Gasteiger partial charge is 0.479 e. The van der Waals surface area contributed by atoms with Crippen molar-refractivity contribution in [1.29, 1.82) is 0 Å². The number of hydrogen-bond donors (Lipinski definition) is 2. The minimum absolute atomic E-state index is 0.0418. The number of benzene rings is 1. The SMILES string of the molecule is O=C(C=Cc1cc(Cl)ccc1Cl)NC1(C(=O)O)CCOC1. The number of carbonyl (C=O) groups is 2. The number of aliphatic carboxylic acids is 1. The molecule has 0 spiro atoms. The fraction of sp³-hybridized carbons (Fsp3) is 0.286. The maximum Gasteiger partial charge on any atom is 0.331 e. The first kappa shape index (κ1) is 15.8. The highest BCUT2D eigenvalue weighted by atomic mass is 35.5. The van der Waals surface area contributed by atoms with Gasteiger partial charge in [-0.3, -0.25) is 4.79 Å². The molecule has 1 atom stereocenters. The molecule has 1 aliphatic rings. The van der Waals surface area contributed by atoms with Crippen molar-refractivity contribution in [2.75, 3.05) is 13.2 Å². The van der Waals surface area contributed by atoms with Crippen LogP contribution in [-0.4, -0.2) is 35.7 Å². The maximum absolute atomic E-state index is 11.9. The Hall–Kier alpha value is -1.56. The summed E-state index contributed by atoms with van der Waals surface area (Å²) in [5, 5.41) is 12.6. The number of rotatable bonds is 4. The van der Waals surface area contributed by atoms with Crippen molar-refractivity contribution < 1.29 is 19.4 Å². The molecule has 7 heteroatoms. The fourth-order valence-electron chi connectivity index (χ4n) is 1.97. The zero-order valence-electron chi connectivity index (χ0n) is 10.9. The van der Waals surface area contributed by atoms with Crippen LogP contribution in [0.3, 0.4) is 0 Å². The van der Waals surface area contributed by atoms with E-state index in [1.165, 1.54) is 12.2 Å². The van der Waals surface area contributed by atoms with Crippen LogP contribution in [0.4, 0.5) is 0 Å². The average Bonchev–Trinajstić information content (AvgIpc) is 2.89. The molecule has 1 saturated heterocycles. The molecule has 1 amide bonds. The first-order valence-electron chi connectivity index (χ1n) is 6.19. The highest BCUT2D eigenvalue weighted by molar-refractivity contribution is 6.34. The number of ether oxygens (including phenoxy) is 1. The standard InChI is InChI=1S/C14H13Cl2NO4/c15-10-2-3-11(16)9(7-10)1-4-12(18)17-14(13(19)20)5-6-21-8-14/h1-4,7H,5-6,8H2,(H,17,18)(H,19,20). The van der Waals surface area contributed by atoms with Gasteiger partial charge in [0.05, 0.1) is 6.61 Å². The summed E-state index contributed by atoms with van der Waals surface area (Å²) in [7, 11) is 0. The Morgan fingerprint density at radius 2 is 2.14 bits per heavy atom.